The smallest absolute Gasteiger partial charge is 0.161 e. The van der Waals surface area contributed by atoms with Gasteiger partial charge in [-0.2, -0.15) is 0 Å². The molecule has 1 rings (SSSR count). The van der Waals surface area contributed by atoms with Crippen molar-refractivity contribution in [3.05, 3.63) is 23.8 Å². The summed E-state index contributed by atoms with van der Waals surface area (Å²) in [5.74, 6) is -0.658. The van der Waals surface area contributed by atoms with Crippen molar-refractivity contribution in [1.82, 2.24) is 0 Å². The van der Waals surface area contributed by atoms with E-state index >= 15 is 0 Å². The predicted octanol–water partition coefficient (Wildman–Crippen LogP) is 1.19. The summed E-state index contributed by atoms with van der Waals surface area (Å²) in [6, 6.07) is 5.10. The van der Waals surface area contributed by atoms with Crippen molar-refractivity contribution in [2.24, 2.45) is 5.92 Å². The Morgan fingerprint density at radius 3 is 2.18 bits per heavy atom. The van der Waals surface area contributed by atoms with E-state index in [2.05, 4.69) is 0 Å². The highest BCUT2D eigenvalue weighted by molar-refractivity contribution is 5.74. The first kappa shape index (κ1) is 13.4. The first-order valence-corrected chi connectivity index (χ1v) is 5.44. The molecule has 0 aliphatic rings. The Morgan fingerprint density at radius 1 is 1.18 bits per heavy atom. The Bertz CT molecular complexity index is 398. The summed E-state index contributed by atoms with van der Waals surface area (Å²) in [7, 11) is 3.06. The van der Waals surface area contributed by atoms with E-state index in [4.69, 9.17) is 9.47 Å². The Morgan fingerprint density at radius 2 is 1.76 bits per heavy atom. The van der Waals surface area contributed by atoms with Crippen molar-refractivity contribution in [2.75, 3.05) is 14.2 Å². The molecule has 1 atom stereocenters. The van der Waals surface area contributed by atoms with Crippen LogP contribution in [0.4, 0.5) is 0 Å². The van der Waals surface area contributed by atoms with Gasteiger partial charge < -0.3 is 19.4 Å². The number of hydrogen-bond donors (Lipinski definition) is 0. The largest absolute Gasteiger partial charge is 0.549 e. The molecule has 4 heteroatoms. The molecule has 0 amide bonds. The van der Waals surface area contributed by atoms with Gasteiger partial charge >= 0.3 is 0 Å². The minimum atomic E-state index is -1.08. The molecule has 0 aliphatic carbocycles. The maximum absolute atomic E-state index is 11.1. The molecule has 0 spiro atoms. The minimum Gasteiger partial charge on any atom is -0.549 e. The van der Waals surface area contributed by atoms with E-state index in [0.717, 1.165) is 0 Å². The lowest BCUT2D eigenvalue weighted by molar-refractivity contribution is -0.309. The second-order valence-electron chi connectivity index (χ2n) is 4.16. The third kappa shape index (κ3) is 2.90. The van der Waals surface area contributed by atoms with E-state index in [9.17, 15) is 9.90 Å². The van der Waals surface area contributed by atoms with Crippen molar-refractivity contribution < 1.29 is 19.4 Å². The zero-order valence-corrected chi connectivity index (χ0v) is 10.5. The van der Waals surface area contributed by atoms with Crippen molar-refractivity contribution in [2.45, 2.75) is 19.8 Å². The summed E-state index contributed by atoms with van der Waals surface area (Å²) in [5.41, 5.74) is 0.664. The van der Waals surface area contributed by atoms with E-state index in [1.54, 1.807) is 18.2 Å². The van der Waals surface area contributed by atoms with E-state index in [-0.39, 0.29) is 5.92 Å². The molecule has 94 valence electrons. The monoisotopic (exact) mass is 237 g/mol. The SMILES string of the molecule is COc1ccc(C(C(=O)[O-])C(C)C)cc1OC. The molecule has 0 fully saturated rings. The topological polar surface area (TPSA) is 58.6 Å². The number of carboxylic acid groups (broad SMARTS) is 1. The Balaban J connectivity index is 3.17. The van der Waals surface area contributed by atoms with E-state index in [0.29, 0.717) is 17.1 Å². The summed E-state index contributed by atoms with van der Waals surface area (Å²) in [5, 5.41) is 11.1. The first-order valence-electron chi connectivity index (χ1n) is 5.44. The molecule has 0 aliphatic heterocycles. The molecule has 0 N–H and O–H groups in total. The number of carbonyl (C=O) groups is 1. The van der Waals surface area contributed by atoms with Crippen molar-refractivity contribution in [3.63, 3.8) is 0 Å². The van der Waals surface area contributed by atoms with Gasteiger partial charge in [-0.15, -0.1) is 0 Å². The van der Waals surface area contributed by atoms with Crippen LogP contribution in [0.25, 0.3) is 0 Å². The zero-order valence-electron chi connectivity index (χ0n) is 10.5. The highest BCUT2D eigenvalue weighted by Crippen LogP contribution is 2.33. The summed E-state index contributed by atoms with van der Waals surface area (Å²) in [4.78, 5) is 11.1. The zero-order chi connectivity index (χ0) is 13.0. The van der Waals surface area contributed by atoms with Gasteiger partial charge in [0.2, 0.25) is 0 Å². The molecule has 0 saturated heterocycles. The van der Waals surface area contributed by atoms with Gasteiger partial charge in [-0.05, 0) is 23.6 Å². The van der Waals surface area contributed by atoms with Crippen molar-refractivity contribution in [1.29, 1.82) is 0 Å². The molecular weight excluding hydrogens is 220 g/mol. The van der Waals surface area contributed by atoms with Crippen LogP contribution in [0.2, 0.25) is 0 Å². The van der Waals surface area contributed by atoms with E-state index < -0.39 is 11.9 Å². The van der Waals surface area contributed by atoms with Crippen LogP contribution in [0.15, 0.2) is 18.2 Å². The second-order valence-corrected chi connectivity index (χ2v) is 4.16. The fraction of sp³-hybridized carbons (Fsp3) is 0.462. The molecule has 0 bridgehead atoms. The van der Waals surface area contributed by atoms with Gasteiger partial charge in [0, 0.05) is 11.9 Å². The van der Waals surface area contributed by atoms with Crippen LogP contribution >= 0.6 is 0 Å². The maximum Gasteiger partial charge on any atom is 0.161 e. The van der Waals surface area contributed by atoms with Gasteiger partial charge in [0.1, 0.15) is 0 Å². The van der Waals surface area contributed by atoms with E-state index in [1.165, 1.54) is 14.2 Å². The quantitative estimate of drug-likeness (QED) is 0.772. The number of methoxy groups -OCH3 is 2. The maximum atomic E-state index is 11.1. The van der Waals surface area contributed by atoms with Crippen LogP contribution in [0.3, 0.4) is 0 Å². The number of aliphatic carboxylic acids is 1. The summed E-state index contributed by atoms with van der Waals surface area (Å²) in [6.45, 7) is 3.69. The lowest BCUT2D eigenvalue weighted by Crippen LogP contribution is -2.32. The van der Waals surface area contributed by atoms with Gasteiger partial charge in [-0.1, -0.05) is 19.9 Å². The Hall–Kier alpha value is -1.71. The second kappa shape index (κ2) is 5.57. The highest BCUT2D eigenvalue weighted by Gasteiger charge is 2.18. The molecule has 0 heterocycles. The van der Waals surface area contributed by atoms with Gasteiger partial charge in [0.15, 0.2) is 11.5 Å². The van der Waals surface area contributed by atoms with Crippen LogP contribution in [0.1, 0.15) is 25.3 Å². The summed E-state index contributed by atoms with van der Waals surface area (Å²) >= 11 is 0. The van der Waals surface area contributed by atoms with Crippen LogP contribution in [0, 0.1) is 5.92 Å². The fourth-order valence-electron chi connectivity index (χ4n) is 1.84. The number of ether oxygens (including phenoxy) is 2. The summed E-state index contributed by atoms with van der Waals surface area (Å²) < 4.78 is 10.3. The number of benzene rings is 1. The third-order valence-electron chi connectivity index (χ3n) is 2.69. The van der Waals surface area contributed by atoms with Gasteiger partial charge in [-0.3, -0.25) is 0 Å². The van der Waals surface area contributed by atoms with Crippen LogP contribution < -0.4 is 14.6 Å². The third-order valence-corrected chi connectivity index (χ3v) is 2.69. The summed E-state index contributed by atoms with van der Waals surface area (Å²) in [6.07, 6.45) is 0. The molecule has 1 aromatic carbocycles. The van der Waals surface area contributed by atoms with E-state index in [1.807, 2.05) is 13.8 Å². The average Bonchev–Trinajstić information content (AvgIpc) is 2.27. The Labute approximate surface area is 101 Å². The molecule has 0 radical (unpaired) electrons. The number of carboxylic acids is 1. The minimum absolute atomic E-state index is 0.0434. The molecular formula is C13H17O4-. The first-order chi connectivity index (χ1) is 8.01. The van der Waals surface area contributed by atoms with Crippen LogP contribution in [-0.2, 0) is 4.79 Å². The molecule has 0 saturated carbocycles. The molecule has 17 heavy (non-hydrogen) atoms. The van der Waals surface area contributed by atoms with Crippen LogP contribution in [-0.4, -0.2) is 20.2 Å². The van der Waals surface area contributed by atoms with Crippen LogP contribution in [0.5, 0.6) is 11.5 Å². The lowest BCUT2D eigenvalue weighted by Gasteiger charge is -2.23. The molecule has 1 aromatic rings. The Kier molecular flexibility index (Phi) is 4.37. The standard InChI is InChI=1S/C13H18O4/c1-8(2)12(13(14)15)9-5-6-10(16-3)11(7-9)17-4/h5-8,12H,1-4H3,(H,14,15)/p-1. The van der Waals surface area contributed by atoms with Crippen molar-refractivity contribution >= 4 is 5.97 Å². The van der Waals surface area contributed by atoms with Gasteiger partial charge in [0.05, 0.1) is 14.2 Å². The average molecular weight is 237 g/mol. The fourth-order valence-corrected chi connectivity index (χ4v) is 1.84. The number of rotatable bonds is 5. The number of carbonyl (C=O) groups excluding carboxylic acids is 1. The number of hydrogen-bond acceptors (Lipinski definition) is 4. The molecule has 4 nitrogen and oxygen atoms in total. The lowest BCUT2D eigenvalue weighted by atomic mass is 9.88. The van der Waals surface area contributed by atoms with Gasteiger partial charge in [0.25, 0.3) is 0 Å². The molecule has 0 aromatic heterocycles. The highest BCUT2D eigenvalue weighted by atomic mass is 16.5. The predicted molar refractivity (Wildman–Crippen MR) is 62.1 cm³/mol. The molecule has 1 unspecified atom stereocenters. The normalized spacial score (nSPS) is 12.3. The van der Waals surface area contributed by atoms with Crippen molar-refractivity contribution in [3.8, 4) is 11.5 Å². The van der Waals surface area contributed by atoms with Gasteiger partial charge in [-0.25, -0.2) is 0 Å².